The number of hydrogen-bond acceptors (Lipinski definition) is 3. The third-order valence-corrected chi connectivity index (χ3v) is 2.67. The first-order valence-corrected chi connectivity index (χ1v) is 5.92. The number of anilines is 1. The van der Waals surface area contributed by atoms with E-state index >= 15 is 0 Å². The van der Waals surface area contributed by atoms with Gasteiger partial charge in [0.05, 0.1) is 0 Å². The second-order valence-corrected chi connectivity index (χ2v) is 4.46. The Balaban J connectivity index is 2.25. The highest BCUT2D eigenvalue weighted by Gasteiger charge is 2.11. The second kappa shape index (κ2) is 5.32. The molecule has 0 saturated carbocycles. The van der Waals surface area contributed by atoms with Crippen LogP contribution >= 0.6 is 11.6 Å². The normalized spacial score (nSPS) is 10.3. The number of carbonyl (C=O) groups excluding carboxylic acids is 1. The first kappa shape index (κ1) is 13.4. The van der Waals surface area contributed by atoms with E-state index in [-0.39, 0.29) is 16.9 Å². The maximum Gasteiger partial charge on any atom is 0.258 e. The second-order valence-electron chi connectivity index (χ2n) is 4.07. The van der Waals surface area contributed by atoms with Crippen LogP contribution in [-0.4, -0.2) is 15.9 Å². The SMILES string of the molecule is Cc1cc(Cl)nc(NC(=O)c2ccc(F)cc2C)n1. The van der Waals surface area contributed by atoms with Crippen molar-refractivity contribution in [1.82, 2.24) is 9.97 Å². The lowest BCUT2D eigenvalue weighted by atomic mass is 10.1. The molecule has 0 atom stereocenters. The summed E-state index contributed by atoms with van der Waals surface area (Å²) in [6.45, 7) is 3.40. The molecule has 0 radical (unpaired) electrons. The Kier molecular flexibility index (Phi) is 3.76. The summed E-state index contributed by atoms with van der Waals surface area (Å²) in [6.07, 6.45) is 0. The Morgan fingerprint density at radius 3 is 2.63 bits per heavy atom. The molecule has 6 heteroatoms. The summed E-state index contributed by atoms with van der Waals surface area (Å²) < 4.78 is 13.0. The minimum absolute atomic E-state index is 0.124. The van der Waals surface area contributed by atoms with Gasteiger partial charge in [-0.3, -0.25) is 10.1 Å². The highest BCUT2D eigenvalue weighted by atomic mass is 35.5. The smallest absolute Gasteiger partial charge is 0.258 e. The van der Waals surface area contributed by atoms with E-state index in [4.69, 9.17) is 11.6 Å². The van der Waals surface area contributed by atoms with E-state index in [9.17, 15) is 9.18 Å². The number of carbonyl (C=O) groups is 1. The molecule has 4 nitrogen and oxygen atoms in total. The van der Waals surface area contributed by atoms with Gasteiger partial charge in [-0.2, -0.15) is 0 Å². The Labute approximate surface area is 114 Å². The van der Waals surface area contributed by atoms with Gasteiger partial charge in [-0.1, -0.05) is 11.6 Å². The van der Waals surface area contributed by atoms with Crippen LogP contribution in [0.4, 0.5) is 10.3 Å². The highest BCUT2D eigenvalue weighted by Crippen LogP contribution is 2.14. The number of nitrogens with one attached hydrogen (secondary N) is 1. The molecule has 1 aromatic carbocycles. The Bertz CT molecular complexity index is 626. The molecule has 0 aliphatic carbocycles. The zero-order valence-electron chi connectivity index (χ0n) is 10.4. The average molecular weight is 280 g/mol. The average Bonchev–Trinajstić information content (AvgIpc) is 2.26. The van der Waals surface area contributed by atoms with Crippen molar-refractivity contribution in [1.29, 1.82) is 0 Å². The van der Waals surface area contributed by atoms with Crippen molar-refractivity contribution in [2.24, 2.45) is 0 Å². The van der Waals surface area contributed by atoms with Gasteiger partial charge < -0.3 is 0 Å². The molecule has 0 fully saturated rings. The number of benzene rings is 1. The highest BCUT2D eigenvalue weighted by molar-refractivity contribution is 6.29. The molecule has 0 aliphatic heterocycles. The maximum absolute atomic E-state index is 13.0. The molecule has 1 N–H and O–H groups in total. The first-order valence-electron chi connectivity index (χ1n) is 5.54. The number of halogens is 2. The van der Waals surface area contributed by atoms with Gasteiger partial charge in [0.1, 0.15) is 11.0 Å². The molecule has 19 heavy (non-hydrogen) atoms. The quantitative estimate of drug-likeness (QED) is 0.859. The fourth-order valence-corrected chi connectivity index (χ4v) is 1.87. The predicted octanol–water partition coefficient (Wildman–Crippen LogP) is 3.14. The maximum atomic E-state index is 13.0. The van der Waals surface area contributed by atoms with E-state index in [1.54, 1.807) is 19.9 Å². The minimum Gasteiger partial charge on any atom is -0.290 e. The lowest BCUT2D eigenvalue weighted by Gasteiger charge is -2.07. The van der Waals surface area contributed by atoms with Gasteiger partial charge in [0.15, 0.2) is 0 Å². The number of hydrogen-bond donors (Lipinski definition) is 1. The van der Waals surface area contributed by atoms with Crippen molar-refractivity contribution in [2.45, 2.75) is 13.8 Å². The summed E-state index contributed by atoms with van der Waals surface area (Å²) in [6, 6.07) is 5.52. The van der Waals surface area contributed by atoms with Crippen molar-refractivity contribution >= 4 is 23.5 Å². The van der Waals surface area contributed by atoms with Crippen molar-refractivity contribution in [3.63, 3.8) is 0 Å². The van der Waals surface area contributed by atoms with Crippen molar-refractivity contribution < 1.29 is 9.18 Å². The summed E-state index contributed by atoms with van der Waals surface area (Å²) in [5.74, 6) is -0.665. The summed E-state index contributed by atoms with van der Waals surface area (Å²) in [7, 11) is 0. The van der Waals surface area contributed by atoms with Crippen LogP contribution in [-0.2, 0) is 0 Å². The molecule has 1 heterocycles. The Hall–Kier alpha value is -2.01. The van der Waals surface area contributed by atoms with E-state index in [2.05, 4.69) is 15.3 Å². The molecular formula is C13H11ClFN3O. The number of rotatable bonds is 2. The molecule has 2 rings (SSSR count). The standard InChI is InChI=1S/C13H11ClFN3O/c1-7-5-9(15)3-4-10(7)12(19)18-13-16-8(2)6-11(14)17-13/h3-6H,1-2H3,(H,16,17,18,19). The fraction of sp³-hybridized carbons (Fsp3) is 0.154. The van der Waals surface area contributed by atoms with Gasteiger partial charge in [0.2, 0.25) is 5.95 Å². The molecule has 1 aromatic heterocycles. The number of amides is 1. The zero-order valence-corrected chi connectivity index (χ0v) is 11.1. The molecule has 2 aromatic rings. The van der Waals surface area contributed by atoms with Gasteiger partial charge in [0.25, 0.3) is 5.91 Å². The van der Waals surface area contributed by atoms with Crippen LogP contribution in [0.3, 0.4) is 0 Å². The van der Waals surface area contributed by atoms with Crippen molar-refractivity contribution in [3.05, 3.63) is 52.1 Å². The fourth-order valence-electron chi connectivity index (χ4n) is 1.64. The molecule has 0 bridgehead atoms. The largest absolute Gasteiger partial charge is 0.290 e. The third kappa shape index (κ3) is 3.26. The third-order valence-electron chi connectivity index (χ3n) is 2.48. The lowest BCUT2D eigenvalue weighted by molar-refractivity contribution is 0.102. The summed E-state index contributed by atoms with van der Waals surface area (Å²) >= 11 is 5.78. The zero-order chi connectivity index (χ0) is 14.0. The number of nitrogens with zero attached hydrogens (tertiary/aromatic N) is 2. The topological polar surface area (TPSA) is 54.9 Å². The van der Waals surface area contributed by atoms with E-state index in [0.29, 0.717) is 16.8 Å². The van der Waals surface area contributed by atoms with Gasteiger partial charge in [0, 0.05) is 11.3 Å². The minimum atomic E-state index is -0.404. The predicted molar refractivity (Wildman–Crippen MR) is 70.9 cm³/mol. The van der Waals surface area contributed by atoms with E-state index in [1.807, 2.05) is 0 Å². The van der Waals surface area contributed by atoms with Crippen LogP contribution in [0.15, 0.2) is 24.3 Å². The van der Waals surface area contributed by atoms with Crippen LogP contribution in [0, 0.1) is 19.7 Å². The van der Waals surface area contributed by atoms with E-state index in [1.165, 1.54) is 18.2 Å². The van der Waals surface area contributed by atoms with E-state index < -0.39 is 5.91 Å². The summed E-state index contributed by atoms with van der Waals surface area (Å²) in [5, 5.41) is 2.78. The Morgan fingerprint density at radius 2 is 2.00 bits per heavy atom. The molecular weight excluding hydrogens is 269 g/mol. The summed E-state index contributed by atoms with van der Waals surface area (Å²) in [5.41, 5.74) is 1.55. The summed E-state index contributed by atoms with van der Waals surface area (Å²) in [4.78, 5) is 20.0. The van der Waals surface area contributed by atoms with Gasteiger partial charge >= 0.3 is 0 Å². The molecule has 0 saturated heterocycles. The van der Waals surface area contributed by atoms with Crippen LogP contribution in [0.5, 0.6) is 0 Å². The van der Waals surface area contributed by atoms with Crippen LogP contribution in [0.2, 0.25) is 5.15 Å². The number of aryl methyl sites for hydroxylation is 2. The first-order chi connectivity index (χ1) is 8.95. The molecule has 98 valence electrons. The van der Waals surface area contributed by atoms with E-state index in [0.717, 1.165) is 0 Å². The van der Waals surface area contributed by atoms with Gasteiger partial charge in [-0.15, -0.1) is 0 Å². The monoisotopic (exact) mass is 279 g/mol. The van der Waals surface area contributed by atoms with Gasteiger partial charge in [-0.25, -0.2) is 14.4 Å². The van der Waals surface area contributed by atoms with Crippen LogP contribution < -0.4 is 5.32 Å². The van der Waals surface area contributed by atoms with Crippen molar-refractivity contribution in [3.8, 4) is 0 Å². The number of aromatic nitrogens is 2. The molecule has 0 spiro atoms. The van der Waals surface area contributed by atoms with Crippen LogP contribution in [0.25, 0.3) is 0 Å². The molecule has 0 unspecified atom stereocenters. The van der Waals surface area contributed by atoms with Crippen molar-refractivity contribution in [2.75, 3.05) is 5.32 Å². The van der Waals surface area contributed by atoms with Gasteiger partial charge in [-0.05, 0) is 43.7 Å². The molecule has 1 amide bonds. The lowest BCUT2D eigenvalue weighted by Crippen LogP contribution is -2.16. The Morgan fingerprint density at radius 1 is 1.26 bits per heavy atom. The molecule has 0 aliphatic rings. The van der Waals surface area contributed by atoms with Crippen LogP contribution in [0.1, 0.15) is 21.6 Å².